The molecule has 0 aliphatic heterocycles. The molecule has 1 N–H and O–H groups in total. The van der Waals surface area contributed by atoms with Crippen LogP contribution in [0.3, 0.4) is 0 Å². The first-order chi connectivity index (χ1) is 5.11. The van der Waals surface area contributed by atoms with Crippen molar-refractivity contribution in [3.05, 3.63) is 0 Å². The molecule has 11 heavy (non-hydrogen) atoms. The summed E-state index contributed by atoms with van der Waals surface area (Å²) < 4.78 is 0. The largest absolute Gasteiger partial charge is 0.481 e. The molecular formula is C7H10Br2O2. The fraction of sp³-hybridized carbons (Fsp3) is 0.857. The lowest BCUT2D eigenvalue weighted by Crippen LogP contribution is -2.29. The predicted octanol–water partition coefficient (Wildman–Crippen LogP) is 2.40. The Kier molecular flexibility index (Phi) is 3.37. The van der Waals surface area contributed by atoms with Gasteiger partial charge in [0.25, 0.3) is 0 Å². The average Bonchev–Trinajstić information content (AvgIpc) is 1.94. The Morgan fingerprint density at radius 2 is 1.91 bits per heavy atom. The van der Waals surface area contributed by atoms with E-state index < -0.39 is 5.97 Å². The number of hydrogen-bond acceptors (Lipinski definition) is 1. The third kappa shape index (κ3) is 2.44. The minimum Gasteiger partial charge on any atom is -0.481 e. The van der Waals surface area contributed by atoms with Crippen LogP contribution in [-0.2, 0) is 4.79 Å². The van der Waals surface area contributed by atoms with E-state index in [-0.39, 0.29) is 5.92 Å². The van der Waals surface area contributed by atoms with E-state index in [1.807, 2.05) is 0 Å². The smallest absolute Gasteiger partial charge is 0.306 e. The summed E-state index contributed by atoms with van der Waals surface area (Å²) in [5.41, 5.74) is 0. The minimum atomic E-state index is -0.658. The van der Waals surface area contributed by atoms with Gasteiger partial charge < -0.3 is 5.11 Å². The van der Waals surface area contributed by atoms with Crippen LogP contribution in [0.2, 0.25) is 0 Å². The first-order valence-corrected chi connectivity index (χ1v) is 5.45. The summed E-state index contributed by atoms with van der Waals surface area (Å²) >= 11 is 6.94. The van der Waals surface area contributed by atoms with Crippen molar-refractivity contribution in [3.8, 4) is 0 Å². The number of carboxylic acid groups (broad SMARTS) is 1. The van der Waals surface area contributed by atoms with E-state index in [1.54, 1.807) is 0 Å². The first-order valence-electron chi connectivity index (χ1n) is 3.62. The maximum Gasteiger partial charge on any atom is 0.306 e. The third-order valence-corrected chi connectivity index (χ3v) is 4.86. The molecule has 1 aliphatic rings. The fourth-order valence-electron chi connectivity index (χ4n) is 1.30. The number of alkyl halides is 2. The third-order valence-electron chi connectivity index (χ3n) is 2.04. The van der Waals surface area contributed by atoms with Crippen molar-refractivity contribution < 1.29 is 9.90 Å². The first kappa shape index (κ1) is 9.52. The number of carbonyl (C=O) groups is 1. The Balaban J connectivity index is 2.46. The lowest BCUT2D eigenvalue weighted by molar-refractivity contribution is -0.142. The highest BCUT2D eigenvalue weighted by atomic mass is 79.9. The van der Waals surface area contributed by atoms with E-state index in [0.717, 1.165) is 19.3 Å². The van der Waals surface area contributed by atoms with Gasteiger partial charge in [0.2, 0.25) is 0 Å². The van der Waals surface area contributed by atoms with Crippen LogP contribution in [0.1, 0.15) is 19.3 Å². The lowest BCUT2D eigenvalue weighted by atomic mass is 9.89. The van der Waals surface area contributed by atoms with Crippen LogP contribution >= 0.6 is 31.9 Å². The molecule has 2 nitrogen and oxygen atoms in total. The van der Waals surface area contributed by atoms with E-state index in [9.17, 15) is 4.79 Å². The Bertz CT molecular complexity index is 161. The van der Waals surface area contributed by atoms with E-state index in [1.165, 1.54) is 0 Å². The van der Waals surface area contributed by atoms with Crippen LogP contribution in [0.25, 0.3) is 0 Å². The van der Waals surface area contributed by atoms with Crippen molar-refractivity contribution in [2.24, 2.45) is 5.92 Å². The monoisotopic (exact) mass is 284 g/mol. The van der Waals surface area contributed by atoms with Gasteiger partial charge in [-0.2, -0.15) is 0 Å². The standard InChI is InChI=1S/C7H10Br2O2/c8-5-2-1-4(7(10)11)3-6(5)9/h4-6H,1-3H2,(H,10,11)/t4-,5-,6-/m1/s1. The zero-order valence-corrected chi connectivity index (χ0v) is 9.14. The molecule has 1 rings (SSSR count). The molecule has 0 saturated heterocycles. The van der Waals surface area contributed by atoms with E-state index >= 15 is 0 Å². The van der Waals surface area contributed by atoms with Crippen molar-refractivity contribution in [3.63, 3.8) is 0 Å². The molecule has 0 heterocycles. The van der Waals surface area contributed by atoms with Gasteiger partial charge in [0, 0.05) is 9.65 Å². The van der Waals surface area contributed by atoms with Gasteiger partial charge >= 0.3 is 5.97 Å². The summed E-state index contributed by atoms with van der Waals surface area (Å²) in [7, 11) is 0. The average molecular weight is 286 g/mol. The van der Waals surface area contributed by atoms with Gasteiger partial charge in [0.1, 0.15) is 0 Å². The van der Waals surface area contributed by atoms with Crippen LogP contribution < -0.4 is 0 Å². The maximum absolute atomic E-state index is 10.6. The Labute approximate surface area is 82.6 Å². The zero-order chi connectivity index (χ0) is 8.43. The Hall–Kier alpha value is 0.430. The molecule has 0 aromatic carbocycles. The lowest BCUT2D eigenvalue weighted by Gasteiger charge is -2.26. The normalized spacial score (nSPS) is 38.5. The van der Waals surface area contributed by atoms with Crippen LogP contribution in [0, 0.1) is 5.92 Å². The molecule has 1 fully saturated rings. The van der Waals surface area contributed by atoms with E-state index in [2.05, 4.69) is 31.9 Å². The summed E-state index contributed by atoms with van der Waals surface area (Å²) in [5.74, 6) is -0.804. The van der Waals surface area contributed by atoms with E-state index in [4.69, 9.17) is 5.11 Å². The molecule has 0 spiro atoms. The summed E-state index contributed by atoms with van der Waals surface area (Å²) in [6, 6.07) is 0. The van der Waals surface area contributed by atoms with Gasteiger partial charge in [-0.3, -0.25) is 4.79 Å². The summed E-state index contributed by atoms with van der Waals surface area (Å²) in [5, 5.41) is 8.71. The van der Waals surface area contributed by atoms with Gasteiger partial charge in [-0.05, 0) is 19.3 Å². The second kappa shape index (κ2) is 3.90. The van der Waals surface area contributed by atoms with E-state index in [0.29, 0.717) is 9.65 Å². The zero-order valence-electron chi connectivity index (χ0n) is 5.96. The molecule has 0 amide bonds. The fourth-order valence-corrected chi connectivity index (χ4v) is 2.50. The number of hydrogen-bond donors (Lipinski definition) is 1. The van der Waals surface area contributed by atoms with Crippen molar-refractivity contribution in [1.82, 2.24) is 0 Å². The summed E-state index contributed by atoms with van der Waals surface area (Å²) in [6.07, 6.45) is 2.49. The van der Waals surface area contributed by atoms with Gasteiger partial charge in [-0.15, -0.1) is 0 Å². The molecule has 3 atom stereocenters. The highest BCUT2D eigenvalue weighted by Crippen LogP contribution is 2.33. The molecule has 1 aliphatic carbocycles. The summed E-state index contributed by atoms with van der Waals surface area (Å²) in [6.45, 7) is 0. The quantitative estimate of drug-likeness (QED) is 0.751. The Morgan fingerprint density at radius 3 is 2.36 bits per heavy atom. The number of halogens is 2. The van der Waals surface area contributed by atoms with Crippen molar-refractivity contribution in [2.75, 3.05) is 0 Å². The van der Waals surface area contributed by atoms with Crippen molar-refractivity contribution >= 4 is 37.8 Å². The molecule has 0 unspecified atom stereocenters. The second-order valence-electron chi connectivity index (χ2n) is 2.88. The SMILES string of the molecule is O=C(O)[C@@H]1CC[C@@H](Br)[C@H](Br)C1. The van der Waals surface area contributed by atoms with Crippen LogP contribution in [0.5, 0.6) is 0 Å². The van der Waals surface area contributed by atoms with Crippen molar-refractivity contribution in [2.45, 2.75) is 28.9 Å². The molecule has 1 saturated carbocycles. The number of aliphatic carboxylic acids is 1. The van der Waals surface area contributed by atoms with Gasteiger partial charge in [0.15, 0.2) is 0 Å². The Morgan fingerprint density at radius 1 is 1.27 bits per heavy atom. The van der Waals surface area contributed by atoms with Gasteiger partial charge in [-0.25, -0.2) is 0 Å². The minimum absolute atomic E-state index is 0.145. The molecule has 64 valence electrons. The van der Waals surface area contributed by atoms with Crippen molar-refractivity contribution in [1.29, 1.82) is 0 Å². The molecule has 4 heteroatoms. The summed E-state index contributed by atoms with van der Waals surface area (Å²) in [4.78, 5) is 11.3. The molecule has 0 aromatic rings. The topological polar surface area (TPSA) is 37.3 Å². The highest BCUT2D eigenvalue weighted by Gasteiger charge is 2.30. The van der Waals surface area contributed by atoms with Crippen LogP contribution in [0.4, 0.5) is 0 Å². The molecular weight excluding hydrogens is 276 g/mol. The molecule has 0 aromatic heterocycles. The molecule has 0 bridgehead atoms. The predicted molar refractivity (Wildman–Crippen MR) is 50.4 cm³/mol. The maximum atomic E-state index is 10.6. The number of rotatable bonds is 1. The highest BCUT2D eigenvalue weighted by molar-refractivity contribution is 9.12. The van der Waals surface area contributed by atoms with Gasteiger partial charge in [0.05, 0.1) is 5.92 Å². The number of carboxylic acids is 1. The van der Waals surface area contributed by atoms with Crippen LogP contribution in [0.15, 0.2) is 0 Å². The van der Waals surface area contributed by atoms with Crippen LogP contribution in [-0.4, -0.2) is 20.7 Å². The van der Waals surface area contributed by atoms with Gasteiger partial charge in [-0.1, -0.05) is 31.9 Å². The molecule has 0 radical (unpaired) electrons. The second-order valence-corrected chi connectivity index (χ2v) is 5.23.